The third-order valence-electron chi connectivity index (χ3n) is 8.28. The molecule has 0 saturated heterocycles. The number of rotatable bonds is 28. The van der Waals surface area contributed by atoms with Gasteiger partial charge in [-0.25, -0.2) is 0 Å². The van der Waals surface area contributed by atoms with E-state index in [4.69, 9.17) is 14.7 Å². The molecule has 0 atom stereocenters. The topological polar surface area (TPSA) is 142 Å². The molecule has 0 spiro atoms. The fourth-order valence-corrected chi connectivity index (χ4v) is 5.41. The first-order valence-corrected chi connectivity index (χ1v) is 17.4. The van der Waals surface area contributed by atoms with Crippen molar-refractivity contribution < 1.29 is 35.1 Å². The van der Waals surface area contributed by atoms with E-state index >= 15 is 0 Å². The largest absolute Gasteiger partial charge is 0.395 e. The first-order valence-electron chi connectivity index (χ1n) is 16.2. The zero-order chi connectivity index (χ0) is 29.7. The molecule has 0 aromatic carbocycles. The second-order valence-corrected chi connectivity index (χ2v) is 12.2. The summed E-state index contributed by atoms with van der Waals surface area (Å²) in [5.74, 6) is 0. The Morgan fingerprint density at radius 3 is 0.821 bits per heavy atom. The monoisotopic (exact) mass is 582 g/mol. The van der Waals surface area contributed by atoms with Gasteiger partial charge in [0.05, 0.1) is 30.8 Å². The van der Waals surface area contributed by atoms with Gasteiger partial charge in [0.2, 0.25) is 0 Å². The van der Waals surface area contributed by atoms with Crippen LogP contribution in [-0.2, 0) is 0 Å². The standard InChI is InChI=1S/C31H64O4.H3O3P/c1-3-5-7-9-11-13-15-17-19-21-23-25-31(35,30(27-32,28-33)29-34)26-24-22-20-18-16-14-12-10-8-6-4-2;1-4(2)3/h32-35H,3-29H2,1-2H3;1-3H. The number of aliphatic hydroxyl groups is 4. The van der Waals surface area contributed by atoms with E-state index in [1.54, 1.807) is 0 Å². The second kappa shape index (κ2) is 29.6. The maximum absolute atomic E-state index is 11.5. The maximum atomic E-state index is 11.5. The van der Waals surface area contributed by atoms with Gasteiger partial charge < -0.3 is 35.1 Å². The molecule has 39 heavy (non-hydrogen) atoms. The van der Waals surface area contributed by atoms with Crippen LogP contribution in [0.1, 0.15) is 168 Å². The van der Waals surface area contributed by atoms with Crippen LogP contribution < -0.4 is 0 Å². The molecule has 0 rings (SSSR count). The van der Waals surface area contributed by atoms with Crippen LogP contribution >= 0.6 is 8.60 Å². The molecule has 0 fully saturated rings. The van der Waals surface area contributed by atoms with Crippen molar-refractivity contribution in [3.05, 3.63) is 0 Å². The Bertz CT molecular complexity index is 439. The maximum Gasteiger partial charge on any atom is 0.324 e. The molecule has 238 valence electrons. The molecular formula is C31H67O7P. The van der Waals surface area contributed by atoms with Crippen molar-refractivity contribution >= 4 is 8.60 Å². The number of unbranched alkanes of at least 4 members (excludes halogenated alkanes) is 20. The van der Waals surface area contributed by atoms with Gasteiger partial charge in [-0.3, -0.25) is 0 Å². The highest BCUT2D eigenvalue weighted by Crippen LogP contribution is 2.39. The summed E-state index contributed by atoms with van der Waals surface area (Å²) in [5.41, 5.74) is -2.42. The van der Waals surface area contributed by atoms with Crippen molar-refractivity contribution in [2.75, 3.05) is 19.8 Å². The molecule has 0 unspecified atom stereocenters. The smallest absolute Gasteiger partial charge is 0.324 e. The van der Waals surface area contributed by atoms with E-state index in [-0.39, 0.29) is 19.8 Å². The Morgan fingerprint density at radius 2 is 0.615 bits per heavy atom. The molecular weight excluding hydrogens is 515 g/mol. The minimum Gasteiger partial charge on any atom is -0.395 e. The summed E-state index contributed by atoms with van der Waals surface area (Å²) in [6, 6.07) is 0. The average Bonchev–Trinajstić information content (AvgIpc) is 2.91. The molecule has 0 aliphatic carbocycles. The number of hydrogen-bond acceptors (Lipinski definition) is 7. The van der Waals surface area contributed by atoms with E-state index in [0.29, 0.717) is 12.8 Å². The third kappa shape index (κ3) is 23.4. The van der Waals surface area contributed by atoms with E-state index in [1.165, 1.54) is 116 Å². The third-order valence-corrected chi connectivity index (χ3v) is 8.28. The molecule has 7 nitrogen and oxygen atoms in total. The number of hydrogen-bond donors (Lipinski definition) is 7. The summed E-state index contributed by atoms with van der Waals surface area (Å²) < 4.78 is 0. The van der Waals surface area contributed by atoms with Crippen molar-refractivity contribution in [3.63, 3.8) is 0 Å². The Morgan fingerprint density at radius 1 is 0.410 bits per heavy atom. The van der Waals surface area contributed by atoms with E-state index in [0.717, 1.165) is 25.7 Å². The first kappa shape index (κ1) is 41.3. The Labute approximate surface area is 242 Å². The van der Waals surface area contributed by atoms with Crippen LogP contribution in [0.5, 0.6) is 0 Å². The quantitative estimate of drug-likeness (QED) is 0.0380. The van der Waals surface area contributed by atoms with Crippen molar-refractivity contribution in [2.45, 2.75) is 174 Å². The van der Waals surface area contributed by atoms with Gasteiger partial charge in [0.25, 0.3) is 0 Å². The van der Waals surface area contributed by atoms with Crippen molar-refractivity contribution in [1.29, 1.82) is 0 Å². The lowest BCUT2D eigenvalue weighted by Gasteiger charge is -2.44. The van der Waals surface area contributed by atoms with Gasteiger partial charge >= 0.3 is 8.60 Å². The molecule has 0 bridgehead atoms. The molecule has 0 heterocycles. The highest BCUT2D eigenvalue weighted by atomic mass is 31.2. The van der Waals surface area contributed by atoms with E-state index in [1.807, 2.05) is 0 Å². The zero-order valence-electron chi connectivity index (χ0n) is 25.7. The van der Waals surface area contributed by atoms with Crippen LogP contribution in [0.25, 0.3) is 0 Å². The molecule has 0 aliphatic rings. The summed E-state index contributed by atoms with van der Waals surface area (Å²) in [7, 11) is -2.62. The minimum atomic E-state index is -2.62. The fraction of sp³-hybridized carbons (Fsp3) is 1.00. The van der Waals surface area contributed by atoms with Crippen LogP contribution in [0.2, 0.25) is 0 Å². The zero-order valence-corrected chi connectivity index (χ0v) is 26.6. The van der Waals surface area contributed by atoms with Crippen LogP contribution in [-0.4, -0.2) is 60.5 Å². The number of aliphatic hydroxyl groups excluding tert-OH is 3. The Hall–Kier alpha value is 0.150. The molecule has 0 radical (unpaired) electrons. The van der Waals surface area contributed by atoms with Crippen molar-refractivity contribution in [2.24, 2.45) is 5.41 Å². The predicted octanol–water partition coefficient (Wildman–Crippen LogP) is 7.27. The summed E-state index contributed by atoms with van der Waals surface area (Å²) in [6.45, 7) is 3.36. The van der Waals surface area contributed by atoms with E-state index < -0.39 is 19.6 Å². The lowest BCUT2D eigenvalue weighted by Crippen LogP contribution is -2.55. The van der Waals surface area contributed by atoms with Crippen LogP contribution in [0.4, 0.5) is 0 Å². The van der Waals surface area contributed by atoms with Gasteiger partial charge in [-0.1, -0.05) is 155 Å². The Balaban J connectivity index is 0. The first-order chi connectivity index (χ1) is 18.8. The lowest BCUT2D eigenvalue weighted by molar-refractivity contribution is -0.162. The highest BCUT2D eigenvalue weighted by molar-refractivity contribution is 7.38. The molecule has 0 aliphatic heterocycles. The van der Waals surface area contributed by atoms with E-state index in [9.17, 15) is 20.4 Å². The van der Waals surface area contributed by atoms with Gasteiger partial charge in [-0.15, -0.1) is 0 Å². The summed E-state index contributed by atoms with van der Waals surface area (Å²) >= 11 is 0. The molecule has 8 heteroatoms. The summed E-state index contributed by atoms with van der Waals surface area (Å²) in [5, 5.41) is 41.5. The van der Waals surface area contributed by atoms with Crippen LogP contribution in [0.15, 0.2) is 0 Å². The summed E-state index contributed by atoms with van der Waals surface area (Å²) in [4.78, 5) is 21.7. The molecule has 7 N–H and O–H groups in total. The van der Waals surface area contributed by atoms with Gasteiger partial charge in [0.1, 0.15) is 0 Å². The van der Waals surface area contributed by atoms with Gasteiger partial charge in [-0.2, -0.15) is 0 Å². The molecule has 0 aromatic rings. The van der Waals surface area contributed by atoms with E-state index in [2.05, 4.69) is 13.8 Å². The fourth-order valence-electron chi connectivity index (χ4n) is 5.41. The SMILES string of the molecule is CCCCCCCCCCCCCC(O)(CCCCCCCCCCCCC)C(CO)(CO)CO.OP(O)O. The second-order valence-electron chi connectivity index (χ2n) is 11.6. The average molecular weight is 583 g/mol. The lowest BCUT2D eigenvalue weighted by atomic mass is 9.68. The van der Waals surface area contributed by atoms with Crippen LogP contribution in [0, 0.1) is 5.41 Å². The van der Waals surface area contributed by atoms with Gasteiger partial charge in [-0.05, 0) is 12.8 Å². The molecule has 0 saturated carbocycles. The summed E-state index contributed by atoms with van der Waals surface area (Å²) in [6.07, 6.45) is 28.6. The van der Waals surface area contributed by atoms with Gasteiger partial charge in [0, 0.05) is 0 Å². The molecule has 0 amide bonds. The van der Waals surface area contributed by atoms with Crippen molar-refractivity contribution in [3.8, 4) is 0 Å². The highest BCUT2D eigenvalue weighted by Gasteiger charge is 2.48. The van der Waals surface area contributed by atoms with Crippen molar-refractivity contribution in [1.82, 2.24) is 0 Å². The predicted molar refractivity (Wildman–Crippen MR) is 164 cm³/mol. The normalized spacial score (nSPS) is 12.2. The van der Waals surface area contributed by atoms with Gasteiger partial charge in [0.15, 0.2) is 0 Å². The Kier molecular flexibility index (Phi) is 31.4. The van der Waals surface area contributed by atoms with Crippen LogP contribution in [0.3, 0.4) is 0 Å². The minimum absolute atomic E-state index is 0.382. The molecule has 0 aromatic heterocycles.